The van der Waals surface area contributed by atoms with Crippen molar-refractivity contribution in [1.82, 2.24) is 9.62 Å². The summed E-state index contributed by atoms with van der Waals surface area (Å²) in [5, 5.41) is 5.02. The second-order valence-corrected chi connectivity index (χ2v) is 9.93. The molecule has 1 saturated heterocycles. The van der Waals surface area contributed by atoms with E-state index < -0.39 is 10.0 Å². The van der Waals surface area contributed by atoms with Gasteiger partial charge in [-0.2, -0.15) is 4.31 Å². The van der Waals surface area contributed by atoms with Crippen molar-refractivity contribution in [2.45, 2.75) is 17.7 Å². The number of fused-ring (bicyclic) bond motifs is 1. The third-order valence-corrected chi connectivity index (χ3v) is 7.74. The Labute approximate surface area is 194 Å². The molecule has 0 radical (unpaired) electrons. The highest BCUT2D eigenvalue weighted by Gasteiger charge is 2.33. The molecule has 33 heavy (non-hydrogen) atoms. The van der Waals surface area contributed by atoms with E-state index in [4.69, 9.17) is 9.47 Å². The third kappa shape index (κ3) is 5.29. The molecular weight excluding hydrogens is 440 g/mol. The Bertz CT molecular complexity index is 1210. The van der Waals surface area contributed by atoms with Gasteiger partial charge >= 0.3 is 0 Å². The summed E-state index contributed by atoms with van der Waals surface area (Å²) in [6, 6.07) is 20.2. The summed E-state index contributed by atoms with van der Waals surface area (Å²) in [5.41, 5.74) is 0. The van der Waals surface area contributed by atoms with Crippen molar-refractivity contribution in [2.24, 2.45) is 5.92 Å². The van der Waals surface area contributed by atoms with Crippen molar-refractivity contribution in [3.63, 3.8) is 0 Å². The summed E-state index contributed by atoms with van der Waals surface area (Å²) in [5.74, 6) is 0.836. The van der Waals surface area contributed by atoms with Crippen molar-refractivity contribution in [3.05, 3.63) is 66.7 Å². The fourth-order valence-corrected chi connectivity index (χ4v) is 5.60. The molecule has 1 heterocycles. The first-order valence-corrected chi connectivity index (χ1v) is 12.5. The second-order valence-electron chi connectivity index (χ2n) is 7.99. The summed E-state index contributed by atoms with van der Waals surface area (Å²) < 4.78 is 38.4. The molecule has 7 nitrogen and oxygen atoms in total. The molecule has 0 aliphatic carbocycles. The highest BCUT2D eigenvalue weighted by Crippen LogP contribution is 2.26. The maximum Gasteiger partial charge on any atom is 0.243 e. The van der Waals surface area contributed by atoms with Crippen LogP contribution >= 0.6 is 0 Å². The number of ether oxygens (including phenoxy) is 2. The number of hydrogen-bond donors (Lipinski definition) is 1. The minimum Gasteiger partial charge on any atom is -0.497 e. The molecule has 1 N–H and O–H groups in total. The number of benzene rings is 3. The fourth-order valence-electron chi connectivity index (χ4n) is 4.07. The molecule has 1 amide bonds. The van der Waals surface area contributed by atoms with Crippen LogP contribution in [0, 0.1) is 5.92 Å². The summed E-state index contributed by atoms with van der Waals surface area (Å²) in [4.78, 5) is 12.9. The van der Waals surface area contributed by atoms with Crippen molar-refractivity contribution in [2.75, 3.05) is 33.4 Å². The Morgan fingerprint density at radius 3 is 2.61 bits per heavy atom. The molecule has 3 aromatic rings. The number of carbonyl (C=O) groups is 1. The van der Waals surface area contributed by atoms with Gasteiger partial charge in [0, 0.05) is 18.5 Å². The zero-order valence-electron chi connectivity index (χ0n) is 18.6. The van der Waals surface area contributed by atoms with Crippen molar-refractivity contribution in [1.29, 1.82) is 0 Å². The average molecular weight is 469 g/mol. The highest BCUT2D eigenvalue weighted by molar-refractivity contribution is 7.89. The SMILES string of the molecule is COc1ccc(S(=O)(=O)N2CCCC(C(=O)NCCOc3cccc4ccccc34)C2)cc1. The van der Waals surface area contributed by atoms with Crippen LogP contribution in [-0.2, 0) is 14.8 Å². The molecule has 1 aliphatic rings. The molecule has 3 aromatic carbocycles. The number of rotatable bonds is 8. The maximum atomic E-state index is 13.0. The minimum atomic E-state index is -3.66. The predicted molar refractivity (Wildman–Crippen MR) is 127 cm³/mol. The Hall–Kier alpha value is -3.10. The molecule has 0 saturated carbocycles. The number of carbonyl (C=O) groups excluding carboxylic acids is 1. The van der Waals surface area contributed by atoms with Crippen LogP contribution in [0.2, 0.25) is 0 Å². The van der Waals surface area contributed by atoms with Crippen LogP contribution in [0.4, 0.5) is 0 Å². The Morgan fingerprint density at radius 2 is 1.82 bits per heavy atom. The van der Waals surface area contributed by atoms with Gasteiger partial charge in [-0.1, -0.05) is 36.4 Å². The Kier molecular flexibility index (Phi) is 7.15. The Balaban J connectivity index is 1.31. The van der Waals surface area contributed by atoms with Crippen LogP contribution in [0.15, 0.2) is 71.6 Å². The number of hydrogen-bond acceptors (Lipinski definition) is 5. The molecule has 1 atom stereocenters. The number of nitrogens with one attached hydrogen (secondary N) is 1. The molecule has 174 valence electrons. The van der Waals surface area contributed by atoms with Crippen molar-refractivity contribution < 1.29 is 22.7 Å². The first-order chi connectivity index (χ1) is 16.0. The van der Waals surface area contributed by atoms with Crippen LogP contribution in [0.1, 0.15) is 12.8 Å². The number of methoxy groups -OCH3 is 1. The van der Waals surface area contributed by atoms with Gasteiger partial charge in [0.15, 0.2) is 0 Å². The lowest BCUT2D eigenvalue weighted by atomic mass is 9.99. The van der Waals surface area contributed by atoms with E-state index in [1.54, 1.807) is 12.1 Å². The molecule has 0 aromatic heterocycles. The normalized spacial score (nSPS) is 16.9. The molecular formula is C25H28N2O5S. The summed E-state index contributed by atoms with van der Waals surface area (Å²) in [6.07, 6.45) is 1.30. The van der Waals surface area contributed by atoms with E-state index in [2.05, 4.69) is 5.32 Å². The minimum absolute atomic E-state index is 0.147. The van der Waals surface area contributed by atoms with Gasteiger partial charge in [0.1, 0.15) is 18.1 Å². The van der Waals surface area contributed by atoms with Gasteiger partial charge in [0.25, 0.3) is 0 Å². The van der Waals surface area contributed by atoms with Gasteiger partial charge in [0.05, 0.1) is 24.5 Å². The van der Waals surface area contributed by atoms with Gasteiger partial charge in [-0.15, -0.1) is 0 Å². The molecule has 1 fully saturated rings. The van der Waals surface area contributed by atoms with E-state index in [1.165, 1.54) is 23.5 Å². The topological polar surface area (TPSA) is 84.9 Å². The van der Waals surface area contributed by atoms with Crippen LogP contribution in [0.3, 0.4) is 0 Å². The Morgan fingerprint density at radius 1 is 1.06 bits per heavy atom. The smallest absolute Gasteiger partial charge is 0.243 e. The third-order valence-electron chi connectivity index (χ3n) is 5.86. The zero-order chi connectivity index (χ0) is 23.3. The summed E-state index contributed by atoms with van der Waals surface area (Å²) >= 11 is 0. The van der Waals surface area contributed by atoms with E-state index in [0.717, 1.165) is 16.5 Å². The van der Waals surface area contributed by atoms with E-state index in [9.17, 15) is 13.2 Å². The predicted octanol–water partition coefficient (Wildman–Crippen LogP) is 3.44. The largest absolute Gasteiger partial charge is 0.497 e. The standard InChI is InChI=1S/C25H28N2O5S/c1-31-21-11-13-22(14-12-21)33(29,30)27-16-5-8-20(18-27)25(28)26-15-17-32-24-10-4-7-19-6-2-3-9-23(19)24/h2-4,6-7,9-14,20H,5,8,15-18H2,1H3,(H,26,28). The van der Waals surface area contributed by atoms with E-state index in [1.807, 2.05) is 42.5 Å². The van der Waals surface area contributed by atoms with Crippen LogP contribution in [0.25, 0.3) is 10.8 Å². The molecule has 0 bridgehead atoms. The van der Waals surface area contributed by atoms with Crippen molar-refractivity contribution in [3.8, 4) is 11.5 Å². The van der Waals surface area contributed by atoms with Crippen LogP contribution in [-0.4, -0.2) is 52.0 Å². The van der Waals surface area contributed by atoms with Crippen LogP contribution in [0.5, 0.6) is 11.5 Å². The molecule has 1 aliphatic heterocycles. The molecule has 8 heteroatoms. The van der Waals surface area contributed by atoms with E-state index in [0.29, 0.717) is 38.3 Å². The first kappa shape index (κ1) is 23.1. The number of piperidine rings is 1. The molecule has 1 unspecified atom stereocenters. The second kappa shape index (κ2) is 10.2. The van der Waals surface area contributed by atoms with Gasteiger partial charge in [-0.3, -0.25) is 4.79 Å². The van der Waals surface area contributed by atoms with Gasteiger partial charge in [-0.25, -0.2) is 8.42 Å². The first-order valence-electron chi connectivity index (χ1n) is 11.0. The maximum absolute atomic E-state index is 13.0. The van der Waals surface area contributed by atoms with Crippen LogP contribution < -0.4 is 14.8 Å². The van der Waals surface area contributed by atoms with Gasteiger partial charge < -0.3 is 14.8 Å². The summed E-state index contributed by atoms with van der Waals surface area (Å²) in [7, 11) is -2.13. The number of amides is 1. The number of nitrogens with zero attached hydrogens (tertiary/aromatic N) is 1. The van der Waals surface area contributed by atoms with E-state index >= 15 is 0 Å². The number of sulfonamides is 1. The monoisotopic (exact) mass is 468 g/mol. The lowest BCUT2D eigenvalue weighted by Gasteiger charge is -2.31. The quantitative estimate of drug-likeness (QED) is 0.512. The van der Waals surface area contributed by atoms with E-state index in [-0.39, 0.29) is 23.3 Å². The fraction of sp³-hybridized carbons (Fsp3) is 0.320. The lowest BCUT2D eigenvalue weighted by Crippen LogP contribution is -2.45. The van der Waals surface area contributed by atoms with Gasteiger partial charge in [0.2, 0.25) is 15.9 Å². The zero-order valence-corrected chi connectivity index (χ0v) is 19.4. The highest BCUT2D eigenvalue weighted by atomic mass is 32.2. The molecule has 0 spiro atoms. The lowest BCUT2D eigenvalue weighted by molar-refractivity contribution is -0.126. The van der Waals surface area contributed by atoms with Gasteiger partial charge in [-0.05, 0) is 48.6 Å². The molecule has 4 rings (SSSR count). The van der Waals surface area contributed by atoms with Crippen molar-refractivity contribution >= 4 is 26.7 Å². The summed E-state index contributed by atoms with van der Waals surface area (Å²) in [6.45, 7) is 1.26. The average Bonchev–Trinajstić information content (AvgIpc) is 2.86.